The van der Waals surface area contributed by atoms with E-state index in [1.165, 1.54) is 72.8 Å². The topological polar surface area (TPSA) is 168 Å². The maximum absolute atomic E-state index is 12.9. The number of rotatable bonds is 8. The summed E-state index contributed by atoms with van der Waals surface area (Å²) in [5, 5.41) is 20.1. The van der Waals surface area contributed by atoms with Crippen LogP contribution >= 0.6 is 23.2 Å². The summed E-state index contributed by atoms with van der Waals surface area (Å²) in [6.07, 6.45) is -4.60. The Morgan fingerprint density at radius 1 is 0.684 bits per heavy atom. The number of ether oxygens (including phenoxy) is 2. The Bertz CT molecular complexity index is 1360. The van der Waals surface area contributed by atoms with Crippen molar-refractivity contribution in [2.75, 3.05) is 0 Å². The predicted molar refractivity (Wildman–Crippen MR) is 133 cm³/mol. The minimum atomic E-state index is -2.34. The van der Waals surface area contributed by atoms with Crippen molar-refractivity contribution in [1.29, 1.82) is 0 Å². The first-order valence-electron chi connectivity index (χ1n) is 10.6. The molecule has 2 atom stereocenters. The monoisotopic (exact) mass is 560 g/mol. The Balaban J connectivity index is 1.85. The number of carbonyl (C=O) groups is 5. The number of amides is 2. The zero-order valence-corrected chi connectivity index (χ0v) is 20.6. The molecular weight excluding hydrogens is 543 g/mol. The number of aromatic hydroxyl groups is 1. The molecule has 0 spiro atoms. The van der Waals surface area contributed by atoms with E-state index >= 15 is 0 Å². The first kappa shape index (κ1) is 28.0. The van der Waals surface area contributed by atoms with Crippen LogP contribution in [0.5, 0.6) is 5.75 Å². The van der Waals surface area contributed by atoms with Gasteiger partial charge in [0.1, 0.15) is 5.75 Å². The largest absolute Gasteiger partial charge is 0.507 e. The van der Waals surface area contributed by atoms with Crippen LogP contribution in [0.4, 0.5) is 0 Å². The summed E-state index contributed by atoms with van der Waals surface area (Å²) in [6, 6.07) is 15.8. The molecule has 13 heteroatoms. The molecule has 3 rings (SSSR count). The lowest BCUT2D eigenvalue weighted by molar-refractivity contribution is -0.159. The van der Waals surface area contributed by atoms with E-state index in [9.17, 15) is 34.2 Å². The first-order chi connectivity index (χ1) is 18.1. The van der Waals surface area contributed by atoms with E-state index in [4.69, 9.17) is 32.7 Å². The molecule has 0 heterocycles. The number of carboxylic acids is 1. The van der Waals surface area contributed by atoms with Gasteiger partial charge in [0.25, 0.3) is 11.8 Å². The van der Waals surface area contributed by atoms with Gasteiger partial charge in [-0.1, -0.05) is 35.3 Å². The number of phenolic OH excluding ortho intramolecular Hbond substituents is 1. The molecule has 38 heavy (non-hydrogen) atoms. The number of esters is 2. The second-order valence-electron chi connectivity index (χ2n) is 7.46. The van der Waals surface area contributed by atoms with E-state index in [1.54, 1.807) is 0 Å². The lowest BCUT2D eigenvalue weighted by Crippen LogP contribution is -2.54. The molecule has 0 saturated carbocycles. The van der Waals surface area contributed by atoms with Crippen LogP contribution in [0.25, 0.3) is 0 Å². The first-order valence-corrected chi connectivity index (χ1v) is 11.4. The highest BCUT2D eigenvalue weighted by molar-refractivity contribution is 6.31. The van der Waals surface area contributed by atoms with Gasteiger partial charge in [-0.2, -0.15) is 0 Å². The van der Waals surface area contributed by atoms with Gasteiger partial charge >= 0.3 is 17.9 Å². The fourth-order valence-electron chi connectivity index (χ4n) is 2.96. The number of aliphatic carboxylic acids is 1. The Hall–Kier alpha value is -4.61. The molecule has 4 N–H and O–H groups in total. The van der Waals surface area contributed by atoms with Crippen LogP contribution in [0.3, 0.4) is 0 Å². The van der Waals surface area contributed by atoms with E-state index in [2.05, 4.69) is 0 Å². The van der Waals surface area contributed by atoms with Crippen LogP contribution in [0.1, 0.15) is 31.1 Å². The molecule has 0 aliphatic rings. The average molecular weight is 561 g/mol. The average Bonchev–Trinajstić information content (AvgIpc) is 2.89. The second kappa shape index (κ2) is 12.6. The SMILES string of the molecule is O=C(O[C@@H](C(=O)O)[C@@H](OC(=O)c1ccc(Cl)cc1)C(=O)NNC(=O)c1ccccc1O)c1ccc(Cl)cc1. The molecule has 0 aliphatic heterocycles. The second-order valence-corrected chi connectivity index (χ2v) is 8.34. The number of hydrazine groups is 1. The summed E-state index contributed by atoms with van der Waals surface area (Å²) >= 11 is 11.6. The third kappa shape index (κ3) is 7.21. The molecule has 2 amide bonds. The standard InChI is InChI=1S/C25H18Cl2N2O9/c26-15-9-5-13(6-10-15)24(35)37-19(22(32)29-28-21(31)17-3-1-2-4-18(17)30)20(23(33)34)38-25(36)14-7-11-16(27)12-8-14/h1-12,19-20,30H,(H,28,31)(H,29,32)(H,33,34)/t19-,20-/m1/s1. The highest BCUT2D eigenvalue weighted by Crippen LogP contribution is 2.17. The Kier molecular flexibility index (Phi) is 9.25. The maximum atomic E-state index is 12.9. The number of benzene rings is 3. The van der Waals surface area contributed by atoms with Crippen molar-refractivity contribution in [3.8, 4) is 5.75 Å². The van der Waals surface area contributed by atoms with Gasteiger partial charge in [0, 0.05) is 10.0 Å². The summed E-state index contributed by atoms with van der Waals surface area (Å²) in [5.41, 5.74) is 3.47. The van der Waals surface area contributed by atoms with E-state index < -0.39 is 47.7 Å². The molecule has 0 unspecified atom stereocenters. The Morgan fingerprint density at radius 3 is 1.63 bits per heavy atom. The van der Waals surface area contributed by atoms with Gasteiger partial charge in [-0.3, -0.25) is 20.4 Å². The van der Waals surface area contributed by atoms with Gasteiger partial charge in [-0.15, -0.1) is 0 Å². The zero-order chi connectivity index (χ0) is 27.8. The summed E-state index contributed by atoms with van der Waals surface area (Å²) in [5.74, 6) is -6.86. The normalized spacial score (nSPS) is 11.9. The molecule has 0 fully saturated rings. The van der Waals surface area contributed by atoms with Crippen molar-refractivity contribution in [3.63, 3.8) is 0 Å². The smallest absolute Gasteiger partial charge is 0.349 e. The molecule has 11 nitrogen and oxygen atoms in total. The van der Waals surface area contributed by atoms with Crippen molar-refractivity contribution in [2.45, 2.75) is 12.2 Å². The van der Waals surface area contributed by atoms with Crippen molar-refractivity contribution in [1.82, 2.24) is 10.9 Å². The molecule has 3 aromatic carbocycles. The molecular formula is C25H18Cl2N2O9. The highest BCUT2D eigenvalue weighted by Gasteiger charge is 2.41. The number of hydrogen-bond acceptors (Lipinski definition) is 8. The van der Waals surface area contributed by atoms with Crippen molar-refractivity contribution in [2.24, 2.45) is 0 Å². The third-order valence-electron chi connectivity index (χ3n) is 4.85. The number of nitrogens with one attached hydrogen (secondary N) is 2. The lowest BCUT2D eigenvalue weighted by atomic mass is 10.1. The van der Waals surface area contributed by atoms with Gasteiger partial charge in [0.05, 0.1) is 16.7 Å². The van der Waals surface area contributed by atoms with Crippen LogP contribution in [0.2, 0.25) is 10.0 Å². The quantitative estimate of drug-likeness (QED) is 0.239. The van der Waals surface area contributed by atoms with Crippen LogP contribution < -0.4 is 10.9 Å². The fraction of sp³-hybridized carbons (Fsp3) is 0.0800. The molecule has 0 aliphatic carbocycles. The van der Waals surface area contributed by atoms with Crippen molar-refractivity contribution >= 4 is 52.9 Å². The number of para-hydroxylation sites is 1. The molecule has 0 saturated heterocycles. The summed E-state index contributed by atoms with van der Waals surface area (Å²) < 4.78 is 10.1. The van der Waals surface area contributed by atoms with E-state index in [0.29, 0.717) is 10.0 Å². The number of phenols is 1. The number of halogens is 2. The molecule has 196 valence electrons. The van der Waals surface area contributed by atoms with E-state index in [0.717, 1.165) is 0 Å². The minimum Gasteiger partial charge on any atom is -0.507 e. The van der Waals surface area contributed by atoms with Crippen LogP contribution in [0.15, 0.2) is 72.8 Å². The maximum Gasteiger partial charge on any atom is 0.349 e. The number of hydrogen-bond donors (Lipinski definition) is 4. The Morgan fingerprint density at radius 2 is 1.16 bits per heavy atom. The van der Waals surface area contributed by atoms with Crippen molar-refractivity contribution < 1.29 is 43.7 Å². The van der Waals surface area contributed by atoms with Gasteiger partial charge in [0.2, 0.25) is 12.2 Å². The number of carboxylic acid groups (broad SMARTS) is 1. The lowest BCUT2D eigenvalue weighted by Gasteiger charge is -2.23. The molecule has 0 aromatic heterocycles. The van der Waals surface area contributed by atoms with Gasteiger partial charge in [0.15, 0.2) is 0 Å². The molecule has 3 aromatic rings. The number of carbonyl (C=O) groups excluding carboxylic acids is 4. The van der Waals surface area contributed by atoms with Gasteiger partial charge < -0.3 is 19.7 Å². The Labute approximate surface area is 224 Å². The van der Waals surface area contributed by atoms with Crippen LogP contribution in [0, 0.1) is 0 Å². The molecule has 0 bridgehead atoms. The van der Waals surface area contributed by atoms with Crippen LogP contribution in [-0.2, 0) is 19.1 Å². The third-order valence-corrected chi connectivity index (χ3v) is 5.36. The summed E-state index contributed by atoms with van der Waals surface area (Å²) in [6.45, 7) is 0. The summed E-state index contributed by atoms with van der Waals surface area (Å²) in [7, 11) is 0. The van der Waals surface area contributed by atoms with E-state index in [1.807, 2.05) is 10.9 Å². The minimum absolute atomic E-state index is 0.0985. The van der Waals surface area contributed by atoms with Crippen LogP contribution in [-0.4, -0.2) is 52.1 Å². The van der Waals surface area contributed by atoms with Gasteiger partial charge in [-0.25, -0.2) is 14.4 Å². The molecule has 0 radical (unpaired) electrons. The van der Waals surface area contributed by atoms with Crippen molar-refractivity contribution in [3.05, 3.63) is 99.5 Å². The summed E-state index contributed by atoms with van der Waals surface area (Å²) in [4.78, 5) is 62.6. The highest BCUT2D eigenvalue weighted by atomic mass is 35.5. The fourth-order valence-corrected chi connectivity index (χ4v) is 3.21. The predicted octanol–water partition coefficient (Wildman–Crippen LogP) is 3.00. The van der Waals surface area contributed by atoms with Gasteiger partial charge in [-0.05, 0) is 60.7 Å². The van der Waals surface area contributed by atoms with E-state index in [-0.39, 0.29) is 16.7 Å². The zero-order valence-electron chi connectivity index (χ0n) is 19.1.